The van der Waals surface area contributed by atoms with Crippen molar-refractivity contribution in [3.8, 4) is 0 Å². The first kappa shape index (κ1) is 94.8. The summed E-state index contributed by atoms with van der Waals surface area (Å²) < 4.78 is 138. The van der Waals surface area contributed by atoms with Gasteiger partial charge in [0, 0.05) is 25.6 Å². The largest absolute Gasteiger partial charge is 0.393 e. The maximum absolute atomic E-state index is 11.9. The van der Waals surface area contributed by atoms with Crippen molar-refractivity contribution < 1.29 is 46.4 Å². The lowest BCUT2D eigenvalue weighted by Gasteiger charge is -2.21. The van der Waals surface area contributed by atoms with Crippen LogP contribution in [0.4, 0.5) is 39.5 Å². The molecule has 0 saturated heterocycles. The molecule has 0 aliphatic carbocycles. The minimum absolute atomic E-state index is 0.0382. The summed E-state index contributed by atoms with van der Waals surface area (Å²) in [5.74, 6) is -1.37. The summed E-state index contributed by atoms with van der Waals surface area (Å²) in [5, 5.41) is 0. The second-order valence-corrected chi connectivity index (χ2v) is 21.2. The summed E-state index contributed by atoms with van der Waals surface area (Å²) in [7, 11) is 0. The van der Waals surface area contributed by atoms with Gasteiger partial charge in [0.05, 0.1) is 11.6 Å². The van der Waals surface area contributed by atoms with Gasteiger partial charge >= 0.3 is 12.4 Å². The van der Waals surface area contributed by atoms with Crippen LogP contribution in [0, 0.1) is 35.0 Å². The van der Waals surface area contributed by atoms with Gasteiger partial charge in [-0.25, -0.2) is 13.2 Å². The Balaban J connectivity index is -0.0000000422. The molecule has 468 valence electrons. The third-order valence-corrected chi connectivity index (χ3v) is 6.20. The Kier molecular flexibility index (Phi) is 126. The lowest BCUT2D eigenvalue weighted by Crippen LogP contribution is -2.28. The number of halogens is 9. The topological polar surface area (TPSA) is 0 Å². The van der Waals surface area contributed by atoms with Gasteiger partial charge in [-0.2, -0.15) is 26.3 Å². The van der Waals surface area contributed by atoms with Crippen LogP contribution in [0.5, 0.6) is 0 Å². The molecule has 0 aliphatic heterocycles. The van der Waals surface area contributed by atoms with Crippen LogP contribution in [-0.2, 0) is 0 Å². The Morgan fingerprint density at radius 1 is 0.384 bits per heavy atom. The van der Waals surface area contributed by atoms with Crippen molar-refractivity contribution in [1.82, 2.24) is 0 Å². The molecule has 0 radical (unpaired) electrons. The van der Waals surface area contributed by atoms with Crippen molar-refractivity contribution in [2.24, 2.45) is 35.0 Å². The van der Waals surface area contributed by atoms with Gasteiger partial charge in [0.1, 0.15) is 0 Å². The molecule has 0 rings (SSSR count). The van der Waals surface area contributed by atoms with Crippen molar-refractivity contribution in [2.45, 2.75) is 389 Å². The molecule has 0 nitrogen and oxygen atoms in total. The second kappa shape index (κ2) is 97.0. The number of hydrogen-bond donors (Lipinski definition) is 0. The molecule has 0 aromatic rings. The van der Waals surface area contributed by atoms with Crippen LogP contribution in [-0.4, -0.2) is 24.4 Å². The highest BCUT2D eigenvalue weighted by atomic mass is 19.4. The lowest BCUT2D eigenvalue weighted by molar-refractivity contribution is -0.204. The summed E-state index contributed by atoms with van der Waals surface area (Å²) in [6.45, 7) is 65.6. The first-order valence-electron chi connectivity index (χ1n) is 31.6. The molecule has 73 heavy (non-hydrogen) atoms. The quantitative estimate of drug-likeness (QED) is 0.171. The predicted molar refractivity (Wildman–Crippen MR) is 328 cm³/mol. The molecule has 0 N–H and O–H groups in total. The molecule has 1 atom stereocenters. The highest BCUT2D eigenvalue weighted by Crippen LogP contribution is 2.36. The molecule has 0 aromatic heterocycles. The fraction of sp³-hybridized carbons (Fsp3) is 1.00. The number of rotatable bonds is 12. The van der Waals surface area contributed by atoms with Crippen LogP contribution in [0.25, 0.3) is 0 Å². The molecule has 0 fully saturated rings. The average molecular weight is 1090 g/mol. The lowest BCUT2D eigenvalue weighted by atomic mass is 9.96. The molecular weight excluding hydrogens is 940 g/mol. The van der Waals surface area contributed by atoms with Gasteiger partial charge in [0.15, 0.2) is 0 Å². The van der Waals surface area contributed by atoms with Crippen LogP contribution >= 0.6 is 0 Å². The Labute approximate surface area is 468 Å². The van der Waals surface area contributed by atoms with E-state index in [1.54, 1.807) is 13.8 Å². The molecule has 0 saturated carbocycles. The van der Waals surface area contributed by atoms with E-state index in [2.05, 4.69) is 132 Å². The van der Waals surface area contributed by atoms with Crippen molar-refractivity contribution in [3.05, 3.63) is 0 Å². The van der Waals surface area contributed by atoms with Gasteiger partial charge < -0.3 is 0 Å². The molecule has 0 heterocycles. The highest BCUT2D eigenvalue weighted by Gasteiger charge is 2.43. The maximum Gasteiger partial charge on any atom is 0.393 e. The van der Waals surface area contributed by atoms with Crippen molar-refractivity contribution >= 4 is 0 Å². The minimum atomic E-state index is -4.06. The van der Waals surface area contributed by atoms with E-state index in [1.165, 1.54) is 105 Å². The van der Waals surface area contributed by atoms with Crippen molar-refractivity contribution in [2.75, 3.05) is 0 Å². The van der Waals surface area contributed by atoms with Gasteiger partial charge in [-0.05, 0) is 37.0 Å². The number of alkyl halides is 9. The predicted octanol–water partition coefficient (Wildman–Crippen LogP) is 29.1. The smallest absolute Gasteiger partial charge is 0.248 e. The zero-order valence-corrected chi connectivity index (χ0v) is 56.8. The summed E-state index contributed by atoms with van der Waals surface area (Å²) >= 11 is 0. The van der Waals surface area contributed by atoms with Crippen LogP contribution in [0.15, 0.2) is 0 Å². The summed E-state index contributed by atoms with van der Waals surface area (Å²) in [5.41, 5.74) is -1.56. The second-order valence-electron chi connectivity index (χ2n) is 21.2. The van der Waals surface area contributed by atoms with Gasteiger partial charge in [-0.15, -0.1) is 0 Å². The van der Waals surface area contributed by atoms with Gasteiger partial charge in [0.25, 0.3) is 0 Å². The Morgan fingerprint density at radius 3 is 0.534 bits per heavy atom. The van der Waals surface area contributed by atoms with Crippen molar-refractivity contribution in [1.29, 1.82) is 0 Å². The fourth-order valence-corrected chi connectivity index (χ4v) is 1.71. The van der Waals surface area contributed by atoms with Crippen LogP contribution in [0.2, 0.25) is 0 Å². The van der Waals surface area contributed by atoms with E-state index in [4.69, 9.17) is 6.85 Å². The summed E-state index contributed by atoms with van der Waals surface area (Å²) in [6.07, 6.45) is 7.69. The molecule has 1 unspecified atom stereocenters. The fourth-order valence-electron chi connectivity index (χ4n) is 1.71. The van der Waals surface area contributed by atoms with E-state index in [9.17, 15) is 39.5 Å². The Bertz CT molecular complexity index is 824. The molecule has 0 amide bonds. The zero-order valence-electron chi connectivity index (χ0n) is 61.8. The average Bonchev–Trinajstić information content (AvgIpc) is 3.21. The van der Waals surface area contributed by atoms with Gasteiger partial charge in [-0.3, -0.25) is 0 Å². The molecule has 0 spiro atoms. The SMILES string of the molecule is CC(C)(C)C(F)(F)F.CC(C)C.CC(C)C.CC(C)C.CC(C)C(F)(F)F.CCC.CCC(F)(F)CC.CCCC.CCCC(C)F.CCCCC.CCCCC.CCCCC.[2H]C(C)(C)C.[2H]C([2H])(C)C.[2H]C([2H])(C)CC. The van der Waals surface area contributed by atoms with Gasteiger partial charge in [-0.1, -0.05) is 338 Å². The molecule has 0 bridgehead atoms. The van der Waals surface area contributed by atoms with Crippen LogP contribution < -0.4 is 0 Å². The first-order valence-corrected chi connectivity index (χ1v) is 29.1. The zero-order chi connectivity index (χ0) is 67.4. The van der Waals surface area contributed by atoms with E-state index in [0.717, 1.165) is 58.8 Å². The van der Waals surface area contributed by atoms with E-state index in [-0.39, 0.29) is 18.7 Å². The molecular formula is C64H149F9. The molecule has 9 heteroatoms. The van der Waals surface area contributed by atoms with E-state index in [0.29, 0.717) is 12.8 Å². The summed E-state index contributed by atoms with van der Waals surface area (Å²) in [4.78, 5) is 0. The van der Waals surface area contributed by atoms with Crippen LogP contribution in [0.3, 0.4) is 0 Å². The maximum atomic E-state index is 11.9. The molecule has 0 aromatic carbocycles. The van der Waals surface area contributed by atoms with E-state index in [1.807, 2.05) is 34.6 Å². The Hall–Kier alpha value is -0.630. The van der Waals surface area contributed by atoms with Crippen LogP contribution in [0.1, 0.15) is 371 Å². The molecule has 0 aliphatic rings. The third kappa shape index (κ3) is 349. The first-order chi connectivity index (χ1) is 34.4. The standard InChI is InChI=1S/C5H9F3.C5H10F2.C5H11F.3C5H12.C4H7F3.6C4H10.2C3H8/c1-4(2,3)5(6,7)8;1-3-5(6,7)4-2;1-3-4-5(2)6;3*1-3-5-4-2;1-3(2)4(5,6)7;4*1-4(2)3;2*1-3-4-2;2*1-3-2/h1-3H3;3-4H2,1-2H3;5H,3-4H2,1-2H3;3*3-5H2,1-2H3;3H,1-2H3;4*4H,1-3H3;2*3-4H2,1-2H3;2*3H2,1-2H3/i;;;;;;;4D;;;;3D2;;3D2;. The van der Waals surface area contributed by atoms with E-state index >= 15 is 0 Å². The third-order valence-electron chi connectivity index (χ3n) is 6.20. The minimum Gasteiger partial charge on any atom is -0.248 e. The summed E-state index contributed by atoms with van der Waals surface area (Å²) in [6, 6.07) is 0. The number of unbranched alkanes of at least 4 members (excludes halogenated alkanes) is 7. The van der Waals surface area contributed by atoms with E-state index < -0.39 is 48.5 Å². The monoisotopic (exact) mass is 1090 g/mol. The van der Waals surface area contributed by atoms with Gasteiger partial charge in [0.2, 0.25) is 5.92 Å². The number of hydrogen-bond acceptors (Lipinski definition) is 0. The Morgan fingerprint density at radius 2 is 0.534 bits per heavy atom. The highest BCUT2D eigenvalue weighted by molar-refractivity contribution is 4.70. The normalized spacial score (nSPS) is 11.7. The van der Waals surface area contributed by atoms with Crippen molar-refractivity contribution in [3.63, 3.8) is 0 Å².